The summed E-state index contributed by atoms with van der Waals surface area (Å²) in [5.74, 6) is -1.20. The highest BCUT2D eigenvalue weighted by Crippen LogP contribution is 2.24. The largest absolute Gasteiger partial charge is 0.508 e. The van der Waals surface area contributed by atoms with E-state index < -0.39 is 26.3 Å². The zero-order valence-corrected chi connectivity index (χ0v) is 14.1. The summed E-state index contributed by atoms with van der Waals surface area (Å²) in [4.78, 5) is 22.2. The minimum absolute atomic E-state index is 0.0945. The van der Waals surface area contributed by atoms with Gasteiger partial charge in [0.15, 0.2) is 15.6 Å². The number of carbonyl (C=O) groups is 1. The second-order valence-electron chi connectivity index (χ2n) is 5.50. The van der Waals surface area contributed by atoms with Gasteiger partial charge in [-0.3, -0.25) is 14.9 Å². The highest BCUT2D eigenvalue weighted by molar-refractivity contribution is 7.91. The number of sulfone groups is 1. The lowest BCUT2D eigenvalue weighted by atomic mass is 10.1. The molecule has 0 saturated carbocycles. The average Bonchev–Trinajstić information content (AvgIpc) is 2.52. The molecule has 0 bridgehead atoms. The molecule has 0 radical (unpaired) electrons. The minimum Gasteiger partial charge on any atom is -0.508 e. The maximum Gasteiger partial charge on any atom is 0.270 e. The molecule has 0 aliphatic rings. The Morgan fingerprint density at radius 2 is 1.96 bits per heavy atom. The number of hydrogen-bond donors (Lipinski definition) is 2. The first kappa shape index (κ1) is 18.4. The number of nitro groups is 1. The van der Waals surface area contributed by atoms with E-state index in [-0.39, 0.29) is 23.5 Å². The van der Waals surface area contributed by atoms with Crippen LogP contribution in [0.4, 0.5) is 11.4 Å². The first-order valence-electron chi connectivity index (χ1n) is 7.17. The fraction of sp³-hybridized carbons (Fsp3) is 0.188. The molecule has 2 aromatic rings. The number of Topliss-reactive ketones (excluding diaryl/α,β-unsaturated/α-hetero) is 1. The van der Waals surface area contributed by atoms with Crippen molar-refractivity contribution in [2.24, 2.45) is 0 Å². The van der Waals surface area contributed by atoms with Crippen LogP contribution in [0.1, 0.15) is 15.9 Å². The Labute approximate surface area is 144 Å². The van der Waals surface area contributed by atoms with Gasteiger partial charge >= 0.3 is 0 Å². The predicted octanol–water partition coefficient (Wildman–Crippen LogP) is 2.14. The molecular weight excluding hydrogens is 348 g/mol. The SMILES string of the molecule is CS(=O)(=O)CC(=O)c1cccc(NCc2cc([N+](=O)[O-])ccc2O)c1. The van der Waals surface area contributed by atoms with Crippen molar-refractivity contribution in [2.75, 3.05) is 17.3 Å². The first-order valence-corrected chi connectivity index (χ1v) is 9.23. The van der Waals surface area contributed by atoms with Crippen molar-refractivity contribution in [1.29, 1.82) is 0 Å². The quantitative estimate of drug-likeness (QED) is 0.438. The molecule has 0 aliphatic heterocycles. The minimum atomic E-state index is -3.43. The van der Waals surface area contributed by atoms with Crippen molar-refractivity contribution in [3.8, 4) is 5.75 Å². The predicted molar refractivity (Wildman–Crippen MR) is 92.6 cm³/mol. The van der Waals surface area contributed by atoms with Gasteiger partial charge in [0, 0.05) is 41.7 Å². The number of phenolic OH excluding ortho intramolecular Hbond substituents is 1. The molecular formula is C16H16N2O6S. The summed E-state index contributed by atoms with van der Waals surface area (Å²) in [5, 5.41) is 23.5. The van der Waals surface area contributed by atoms with Crippen molar-refractivity contribution < 1.29 is 23.2 Å². The summed E-state index contributed by atoms with van der Waals surface area (Å²) < 4.78 is 22.4. The highest BCUT2D eigenvalue weighted by atomic mass is 32.2. The molecule has 0 unspecified atom stereocenters. The second-order valence-corrected chi connectivity index (χ2v) is 7.64. The van der Waals surface area contributed by atoms with E-state index in [0.717, 1.165) is 6.26 Å². The number of aromatic hydroxyl groups is 1. The van der Waals surface area contributed by atoms with Crippen molar-refractivity contribution in [1.82, 2.24) is 0 Å². The summed E-state index contributed by atoms with van der Waals surface area (Å²) in [6.07, 6.45) is 0.984. The topological polar surface area (TPSA) is 127 Å². The number of rotatable bonds is 7. The van der Waals surface area contributed by atoms with E-state index >= 15 is 0 Å². The van der Waals surface area contributed by atoms with Crippen LogP contribution in [0, 0.1) is 10.1 Å². The molecule has 0 aromatic heterocycles. The molecule has 2 N–H and O–H groups in total. The van der Waals surface area contributed by atoms with Crippen LogP contribution in [0.3, 0.4) is 0 Å². The summed E-state index contributed by atoms with van der Waals surface area (Å²) in [6.45, 7) is 0.0945. The normalized spacial score (nSPS) is 11.1. The van der Waals surface area contributed by atoms with Crippen LogP contribution in [0.5, 0.6) is 5.75 Å². The molecule has 0 atom stereocenters. The van der Waals surface area contributed by atoms with Crippen molar-refractivity contribution >= 4 is 27.0 Å². The summed E-state index contributed by atoms with van der Waals surface area (Å²) in [7, 11) is -3.43. The van der Waals surface area contributed by atoms with E-state index in [1.807, 2.05) is 0 Å². The lowest BCUT2D eigenvalue weighted by Gasteiger charge is -2.09. The zero-order valence-electron chi connectivity index (χ0n) is 13.3. The Bertz CT molecular complexity index is 924. The Hall–Kier alpha value is -2.94. The molecule has 25 heavy (non-hydrogen) atoms. The van der Waals surface area contributed by atoms with Crippen LogP contribution in [0.25, 0.3) is 0 Å². The molecule has 0 aliphatic carbocycles. The standard InChI is InChI=1S/C16H16N2O6S/c1-25(23,24)10-16(20)11-3-2-4-13(7-11)17-9-12-8-14(18(21)22)5-6-15(12)19/h2-8,17,19H,9-10H2,1H3. The van der Waals surface area contributed by atoms with Gasteiger partial charge in [-0.2, -0.15) is 0 Å². The van der Waals surface area contributed by atoms with Gasteiger partial charge < -0.3 is 10.4 Å². The number of anilines is 1. The van der Waals surface area contributed by atoms with Crippen LogP contribution in [-0.4, -0.2) is 36.2 Å². The lowest BCUT2D eigenvalue weighted by molar-refractivity contribution is -0.384. The van der Waals surface area contributed by atoms with Crippen LogP contribution >= 0.6 is 0 Å². The average molecular weight is 364 g/mol. The number of nitro benzene ring substituents is 1. The van der Waals surface area contributed by atoms with Crippen LogP contribution < -0.4 is 5.32 Å². The maximum absolute atomic E-state index is 11.9. The van der Waals surface area contributed by atoms with Gasteiger partial charge in [0.2, 0.25) is 0 Å². The highest BCUT2D eigenvalue weighted by Gasteiger charge is 2.14. The third-order valence-corrected chi connectivity index (χ3v) is 4.12. The number of ketones is 1. The number of benzene rings is 2. The Kier molecular flexibility index (Phi) is 5.38. The van der Waals surface area contributed by atoms with Crippen molar-refractivity contribution in [2.45, 2.75) is 6.54 Å². The number of nitrogens with zero attached hydrogens (tertiary/aromatic N) is 1. The molecule has 8 nitrogen and oxygen atoms in total. The van der Waals surface area contributed by atoms with Crippen LogP contribution in [-0.2, 0) is 16.4 Å². The Morgan fingerprint density at radius 1 is 1.24 bits per heavy atom. The van der Waals surface area contributed by atoms with E-state index in [2.05, 4.69) is 5.32 Å². The molecule has 0 fully saturated rings. The lowest BCUT2D eigenvalue weighted by Crippen LogP contribution is -2.14. The first-order chi connectivity index (χ1) is 11.7. The van der Waals surface area contributed by atoms with Gasteiger partial charge in [-0.15, -0.1) is 0 Å². The number of carbonyl (C=O) groups excluding carboxylic acids is 1. The molecule has 2 aromatic carbocycles. The number of non-ortho nitro benzene ring substituents is 1. The molecule has 0 heterocycles. The van der Waals surface area contributed by atoms with Crippen LogP contribution in [0.15, 0.2) is 42.5 Å². The molecule has 0 amide bonds. The Balaban J connectivity index is 2.14. The number of phenols is 1. The molecule has 2 rings (SSSR count). The fourth-order valence-corrected chi connectivity index (χ4v) is 2.79. The van der Waals surface area contributed by atoms with Crippen molar-refractivity contribution in [3.05, 3.63) is 63.7 Å². The van der Waals surface area contributed by atoms with Crippen molar-refractivity contribution in [3.63, 3.8) is 0 Å². The number of nitrogens with one attached hydrogen (secondary N) is 1. The van der Waals surface area contributed by atoms with Gasteiger partial charge in [0.1, 0.15) is 11.5 Å². The van der Waals surface area contributed by atoms with E-state index in [0.29, 0.717) is 11.3 Å². The van der Waals surface area contributed by atoms with Gasteiger partial charge in [0.25, 0.3) is 5.69 Å². The van der Waals surface area contributed by atoms with E-state index in [4.69, 9.17) is 0 Å². The second kappa shape index (κ2) is 7.31. The Morgan fingerprint density at radius 3 is 2.60 bits per heavy atom. The number of hydrogen-bond acceptors (Lipinski definition) is 7. The van der Waals surface area contributed by atoms with E-state index in [9.17, 15) is 28.4 Å². The fourth-order valence-electron chi connectivity index (χ4n) is 2.15. The summed E-state index contributed by atoms with van der Waals surface area (Å²) in [5.41, 5.74) is 0.928. The molecule has 0 saturated heterocycles. The third-order valence-electron chi connectivity index (χ3n) is 3.33. The monoisotopic (exact) mass is 364 g/mol. The van der Waals surface area contributed by atoms with Gasteiger partial charge in [-0.05, 0) is 18.2 Å². The van der Waals surface area contributed by atoms with Crippen LogP contribution in [0.2, 0.25) is 0 Å². The van der Waals surface area contributed by atoms with E-state index in [1.165, 1.54) is 30.3 Å². The maximum atomic E-state index is 11.9. The summed E-state index contributed by atoms with van der Waals surface area (Å²) >= 11 is 0. The molecule has 132 valence electrons. The van der Waals surface area contributed by atoms with E-state index in [1.54, 1.807) is 12.1 Å². The molecule has 0 spiro atoms. The smallest absolute Gasteiger partial charge is 0.270 e. The van der Waals surface area contributed by atoms with Gasteiger partial charge in [-0.25, -0.2) is 8.42 Å². The third kappa shape index (κ3) is 5.28. The zero-order chi connectivity index (χ0) is 18.6. The van der Waals surface area contributed by atoms with Gasteiger partial charge in [0.05, 0.1) is 4.92 Å². The summed E-state index contributed by atoms with van der Waals surface area (Å²) in [6, 6.07) is 9.92. The molecule has 9 heteroatoms. The van der Waals surface area contributed by atoms with Gasteiger partial charge in [-0.1, -0.05) is 12.1 Å².